The molecule has 2 heterocycles. The predicted octanol–water partition coefficient (Wildman–Crippen LogP) is 3.99. The first-order valence-corrected chi connectivity index (χ1v) is 7.42. The first-order valence-electron chi connectivity index (χ1n) is 7.42. The van der Waals surface area contributed by atoms with Gasteiger partial charge in [-0.15, -0.1) is 0 Å². The van der Waals surface area contributed by atoms with Gasteiger partial charge in [-0.2, -0.15) is 0 Å². The van der Waals surface area contributed by atoms with Crippen molar-refractivity contribution in [2.45, 2.75) is 71.1 Å². The average molecular weight is 271 g/mol. The third-order valence-corrected chi connectivity index (χ3v) is 4.39. The summed E-state index contributed by atoms with van der Waals surface area (Å²) < 4.78 is 2.26. The molecule has 20 heavy (non-hydrogen) atoms. The zero-order chi connectivity index (χ0) is 14.9. The normalized spacial score (nSPS) is 20.4. The second kappa shape index (κ2) is 3.63. The summed E-state index contributed by atoms with van der Waals surface area (Å²) in [6.45, 7) is 15.9. The first-order chi connectivity index (χ1) is 9.04. The molecule has 0 aliphatic heterocycles. The maximum Gasteiger partial charge on any atom is 0.119 e. The molecule has 1 aliphatic carbocycles. The van der Waals surface area contributed by atoms with E-state index >= 15 is 0 Å². The van der Waals surface area contributed by atoms with Gasteiger partial charge in [0.2, 0.25) is 0 Å². The van der Waals surface area contributed by atoms with Crippen molar-refractivity contribution in [3.8, 4) is 0 Å². The molecule has 0 saturated heterocycles. The SMILES string of the molecule is CC(C)(C)c1nc2c3c(nccn13)C(C)(C)CC2(C)C. The highest BCUT2D eigenvalue weighted by molar-refractivity contribution is 5.65. The number of imidazole rings is 1. The first kappa shape index (κ1) is 13.6. The summed E-state index contributed by atoms with van der Waals surface area (Å²) in [4.78, 5) is 9.72. The summed E-state index contributed by atoms with van der Waals surface area (Å²) in [5.74, 6) is 1.14. The summed E-state index contributed by atoms with van der Waals surface area (Å²) in [5, 5.41) is 0. The van der Waals surface area contributed by atoms with E-state index in [2.05, 4.69) is 59.1 Å². The monoisotopic (exact) mass is 271 g/mol. The lowest BCUT2D eigenvalue weighted by Gasteiger charge is -2.38. The number of hydrogen-bond acceptors (Lipinski definition) is 2. The highest BCUT2D eigenvalue weighted by Crippen LogP contribution is 2.47. The van der Waals surface area contributed by atoms with E-state index < -0.39 is 0 Å². The molecule has 0 atom stereocenters. The van der Waals surface area contributed by atoms with E-state index in [1.54, 1.807) is 0 Å². The minimum atomic E-state index is 0.0321. The molecular formula is C17H25N3. The average Bonchev–Trinajstić information content (AvgIpc) is 2.65. The van der Waals surface area contributed by atoms with Gasteiger partial charge in [0.05, 0.1) is 16.9 Å². The molecule has 3 heteroatoms. The van der Waals surface area contributed by atoms with Crippen molar-refractivity contribution in [3.63, 3.8) is 0 Å². The van der Waals surface area contributed by atoms with Gasteiger partial charge in [-0.1, -0.05) is 48.5 Å². The van der Waals surface area contributed by atoms with Crippen LogP contribution in [0.2, 0.25) is 0 Å². The standard InChI is InChI=1S/C17H25N3/c1-15(2,3)14-19-13-11-12(18-8-9-20(11)14)16(4,5)10-17(13,6)7/h8-9H,10H2,1-7H3. The predicted molar refractivity (Wildman–Crippen MR) is 82.4 cm³/mol. The Morgan fingerprint density at radius 3 is 2.25 bits per heavy atom. The van der Waals surface area contributed by atoms with Gasteiger partial charge >= 0.3 is 0 Å². The minimum Gasteiger partial charge on any atom is -0.300 e. The van der Waals surface area contributed by atoms with Gasteiger partial charge in [0, 0.05) is 28.6 Å². The van der Waals surface area contributed by atoms with Gasteiger partial charge in [-0.25, -0.2) is 4.98 Å². The van der Waals surface area contributed by atoms with Crippen LogP contribution in [0, 0.1) is 0 Å². The van der Waals surface area contributed by atoms with E-state index in [1.807, 2.05) is 6.20 Å². The van der Waals surface area contributed by atoms with Crippen LogP contribution in [0.15, 0.2) is 12.4 Å². The molecule has 0 N–H and O–H groups in total. The molecule has 0 radical (unpaired) electrons. The molecule has 0 fully saturated rings. The van der Waals surface area contributed by atoms with Crippen LogP contribution in [0.3, 0.4) is 0 Å². The molecule has 2 aromatic rings. The molecule has 0 unspecified atom stereocenters. The van der Waals surface area contributed by atoms with Crippen LogP contribution in [-0.4, -0.2) is 14.4 Å². The Labute approximate surface area is 121 Å². The van der Waals surface area contributed by atoms with Gasteiger partial charge in [0.25, 0.3) is 0 Å². The summed E-state index contributed by atoms with van der Waals surface area (Å²) in [7, 11) is 0. The van der Waals surface area contributed by atoms with Crippen LogP contribution in [0.5, 0.6) is 0 Å². The maximum absolute atomic E-state index is 5.03. The van der Waals surface area contributed by atoms with Crippen molar-refractivity contribution in [2.75, 3.05) is 0 Å². The summed E-state index contributed by atoms with van der Waals surface area (Å²) >= 11 is 0. The number of hydrogen-bond donors (Lipinski definition) is 0. The van der Waals surface area contributed by atoms with Crippen LogP contribution >= 0.6 is 0 Å². The molecule has 0 amide bonds. The Hall–Kier alpha value is -1.38. The molecule has 3 rings (SSSR count). The van der Waals surface area contributed by atoms with Crippen LogP contribution in [0.1, 0.15) is 72.1 Å². The Morgan fingerprint density at radius 2 is 1.65 bits per heavy atom. The fraction of sp³-hybridized carbons (Fsp3) is 0.647. The highest BCUT2D eigenvalue weighted by atomic mass is 15.1. The van der Waals surface area contributed by atoms with Crippen LogP contribution < -0.4 is 0 Å². The highest BCUT2D eigenvalue weighted by Gasteiger charge is 2.43. The lowest BCUT2D eigenvalue weighted by molar-refractivity contribution is 0.327. The Kier molecular flexibility index (Phi) is 2.47. The molecule has 0 spiro atoms. The molecule has 0 bridgehead atoms. The van der Waals surface area contributed by atoms with Gasteiger partial charge < -0.3 is 0 Å². The van der Waals surface area contributed by atoms with E-state index in [4.69, 9.17) is 9.97 Å². The minimum absolute atomic E-state index is 0.0321. The Bertz CT molecular complexity index is 684. The molecular weight excluding hydrogens is 246 g/mol. The molecule has 108 valence electrons. The van der Waals surface area contributed by atoms with Crippen molar-refractivity contribution in [1.29, 1.82) is 0 Å². The second-order valence-corrected chi connectivity index (χ2v) is 8.47. The van der Waals surface area contributed by atoms with E-state index in [9.17, 15) is 0 Å². The molecule has 0 aromatic carbocycles. The fourth-order valence-electron chi connectivity index (χ4n) is 3.81. The number of aromatic nitrogens is 3. The van der Waals surface area contributed by atoms with E-state index in [0.29, 0.717) is 0 Å². The summed E-state index contributed by atoms with van der Waals surface area (Å²) in [6.07, 6.45) is 5.07. The molecule has 2 aromatic heterocycles. The van der Waals surface area contributed by atoms with Crippen molar-refractivity contribution >= 4 is 5.52 Å². The molecule has 3 nitrogen and oxygen atoms in total. The topological polar surface area (TPSA) is 30.2 Å². The summed E-state index contributed by atoms with van der Waals surface area (Å²) in [6, 6.07) is 0. The van der Waals surface area contributed by atoms with Gasteiger partial charge in [0.1, 0.15) is 5.82 Å². The lowest BCUT2D eigenvalue weighted by atomic mass is 9.67. The van der Waals surface area contributed by atoms with Crippen LogP contribution in [0.25, 0.3) is 5.52 Å². The largest absolute Gasteiger partial charge is 0.300 e. The van der Waals surface area contributed by atoms with Crippen molar-refractivity contribution in [1.82, 2.24) is 14.4 Å². The lowest BCUT2D eigenvalue weighted by Crippen LogP contribution is -2.35. The van der Waals surface area contributed by atoms with Crippen LogP contribution in [0.4, 0.5) is 0 Å². The maximum atomic E-state index is 5.03. The zero-order valence-corrected chi connectivity index (χ0v) is 13.7. The smallest absolute Gasteiger partial charge is 0.119 e. The molecule has 0 saturated carbocycles. The quantitative estimate of drug-likeness (QED) is 0.725. The van der Waals surface area contributed by atoms with Crippen molar-refractivity contribution in [3.05, 3.63) is 29.6 Å². The van der Waals surface area contributed by atoms with Gasteiger partial charge in [0.15, 0.2) is 0 Å². The fourth-order valence-corrected chi connectivity index (χ4v) is 3.81. The van der Waals surface area contributed by atoms with Crippen molar-refractivity contribution in [2.24, 2.45) is 0 Å². The van der Waals surface area contributed by atoms with Crippen LogP contribution in [-0.2, 0) is 16.2 Å². The third-order valence-electron chi connectivity index (χ3n) is 4.39. The van der Waals surface area contributed by atoms with E-state index in [1.165, 1.54) is 16.9 Å². The number of nitrogens with zero attached hydrogens (tertiary/aromatic N) is 3. The Morgan fingerprint density at radius 1 is 1.05 bits per heavy atom. The van der Waals surface area contributed by atoms with E-state index in [0.717, 1.165) is 12.2 Å². The van der Waals surface area contributed by atoms with E-state index in [-0.39, 0.29) is 16.2 Å². The number of rotatable bonds is 0. The Balaban J connectivity index is 2.47. The zero-order valence-electron chi connectivity index (χ0n) is 13.7. The second-order valence-electron chi connectivity index (χ2n) is 8.47. The third kappa shape index (κ3) is 1.72. The van der Waals surface area contributed by atoms with Crippen molar-refractivity contribution < 1.29 is 0 Å². The van der Waals surface area contributed by atoms with Gasteiger partial charge in [-0.3, -0.25) is 9.38 Å². The molecule has 1 aliphatic rings. The summed E-state index contributed by atoms with van der Waals surface area (Å²) in [5.41, 5.74) is 3.85. The van der Waals surface area contributed by atoms with Gasteiger partial charge in [-0.05, 0) is 6.42 Å².